The Morgan fingerprint density at radius 2 is 1.83 bits per heavy atom. The van der Waals surface area contributed by atoms with Crippen LogP contribution in [0, 0.1) is 17.7 Å². The fraction of sp³-hybridized carbons (Fsp3) is 0.528. The standard InChI is InChI=1S/C36H44ClFN4O6/c1-21-16-41(19-33(21)47-3)24-14-25(20-48-26-10-8-22(9-11-26)36(45)46)42(17-24)34(43)13-23-12-29(37)31(15-30(23)38)39-35(44)28-18-40(2)32-7-5-4-6-27(28)32/h4-7,12,15,18,21-22,24-26,33H,8-11,13-14,16-17,19-20H2,1-3H3,(H,39,44)(H,45,46)/t21-,22?,24+,25+,26?,33+/m1/s1. The molecule has 12 heteroatoms. The molecule has 2 N–H and O–H groups in total. The van der Waals surface area contributed by atoms with Crippen molar-refractivity contribution in [2.75, 3.05) is 38.7 Å². The van der Waals surface area contributed by atoms with E-state index in [-0.39, 0.29) is 58.8 Å². The van der Waals surface area contributed by atoms with Gasteiger partial charge in [-0.25, -0.2) is 4.39 Å². The lowest BCUT2D eigenvalue weighted by Crippen LogP contribution is -2.41. The van der Waals surface area contributed by atoms with Crippen molar-refractivity contribution in [1.82, 2.24) is 14.4 Å². The Kier molecular flexibility index (Phi) is 10.4. The molecule has 258 valence electrons. The van der Waals surface area contributed by atoms with Crippen LogP contribution in [-0.2, 0) is 32.5 Å². The minimum Gasteiger partial charge on any atom is -0.481 e. The molecule has 3 fully saturated rings. The van der Waals surface area contributed by atoms with Crippen molar-refractivity contribution < 1.29 is 33.4 Å². The molecule has 2 saturated heterocycles. The molecule has 0 radical (unpaired) electrons. The number of aromatic nitrogens is 1. The number of carboxylic acid groups (broad SMARTS) is 1. The molecule has 1 aromatic heterocycles. The summed E-state index contributed by atoms with van der Waals surface area (Å²) in [4.78, 5) is 42.6. The summed E-state index contributed by atoms with van der Waals surface area (Å²) in [6, 6.07) is 10.0. The second kappa shape index (κ2) is 14.5. The molecule has 2 amide bonds. The van der Waals surface area contributed by atoms with E-state index in [0.29, 0.717) is 50.3 Å². The van der Waals surface area contributed by atoms with E-state index >= 15 is 4.39 Å². The van der Waals surface area contributed by atoms with Crippen LogP contribution in [0.1, 0.15) is 54.9 Å². The van der Waals surface area contributed by atoms with Crippen LogP contribution in [0.25, 0.3) is 10.9 Å². The van der Waals surface area contributed by atoms with E-state index in [4.69, 9.17) is 21.1 Å². The Morgan fingerprint density at radius 1 is 1.08 bits per heavy atom. The zero-order valence-electron chi connectivity index (χ0n) is 27.7. The van der Waals surface area contributed by atoms with Crippen molar-refractivity contribution in [1.29, 1.82) is 0 Å². The van der Waals surface area contributed by atoms with Crippen LogP contribution in [0.15, 0.2) is 42.6 Å². The van der Waals surface area contributed by atoms with Crippen LogP contribution >= 0.6 is 11.6 Å². The number of carbonyl (C=O) groups excluding carboxylic acids is 2. The molecule has 10 nitrogen and oxygen atoms in total. The maximum atomic E-state index is 15.5. The van der Waals surface area contributed by atoms with Crippen molar-refractivity contribution in [2.24, 2.45) is 18.9 Å². The Bertz CT molecular complexity index is 1670. The van der Waals surface area contributed by atoms with Crippen LogP contribution in [0.5, 0.6) is 0 Å². The van der Waals surface area contributed by atoms with Gasteiger partial charge in [-0.3, -0.25) is 19.3 Å². The van der Waals surface area contributed by atoms with Gasteiger partial charge in [-0.1, -0.05) is 36.7 Å². The Hall–Kier alpha value is -3.51. The predicted molar refractivity (Wildman–Crippen MR) is 181 cm³/mol. The second-order valence-corrected chi connectivity index (χ2v) is 14.1. The number of carbonyl (C=O) groups is 3. The van der Waals surface area contributed by atoms with Crippen LogP contribution < -0.4 is 5.32 Å². The minimum absolute atomic E-state index is 0.0471. The Morgan fingerprint density at radius 3 is 2.54 bits per heavy atom. The number of benzene rings is 2. The number of nitrogens with zero attached hydrogens (tertiary/aromatic N) is 3. The molecule has 48 heavy (non-hydrogen) atoms. The first-order valence-electron chi connectivity index (χ1n) is 16.8. The Balaban J connectivity index is 1.14. The molecule has 2 aromatic carbocycles. The number of anilines is 1. The Labute approximate surface area is 285 Å². The van der Waals surface area contributed by atoms with E-state index in [2.05, 4.69) is 17.1 Å². The van der Waals surface area contributed by atoms with E-state index in [1.54, 1.807) is 13.3 Å². The number of aryl methyl sites for hydroxylation is 1. The summed E-state index contributed by atoms with van der Waals surface area (Å²) in [5.41, 5.74) is 1.62. The molecule has 0 spiro atoms. The van der Waals surface area contributed by atoms with E-state index < -0.39 is 17.7 Å². The molecule has 2 aliphatic heterocycles. The van der Waals surface area contributed by atoms with Gasteiger partial charge in [0.05, 0.1) is 53.5 Å². The van der Waals surface area contributed by atoms with E-state index in [9.17, 15) is 19.5 Å². The predicted octanol–water partition coefficient (Wildman–Crippen LogP) is 5.36. The van der Waals surface area contributed by atoms with Gasteiger partial charge < -0.3 is 29.4 Å². The van der Waals surface area contributed by atoms with Crippen LogP contribution in [-0.4, -0.2) is 94.9 Å². The number of likely N-dealkylation sites (tertiary alicyclic amines) is 2. The van der Waals surface area contributed by atoms with Gasteiger partial charge in [-0.05, 0) is 61.8 Å². The molecule has 6 rings (SSSR count). The molecule has 3 aromatic rings. The number of hydrogen-bond donors (Lipinski definition) is 2. The summed E-state index contributed by atoms with van der Waals surface area (Å²) in [5.74, 6) is -1.98. The maximum Gasteiger partial charge on any atom is 0.306 e. The fourth-order valence-electron chi connectivity index (χ4n) is 7.72. The van der Waals surface area contributed by atoms with Crippen molar-refractivity contribution in [3.05, 3.63) is 64.6 Å². The highest BCUT2D eigenvalue weighted by Gasteiger charge is 2.42. The third-order valence-electron chi connectivity index (χ3n) is 10.5. The summed E-state index contributed by atoms with van der Waals surface area (Å²) in [6.45, 7) is 4.66. The quantitative estimate of drug-likeness (QED) is 0.296. The fourth-order valence-corrected chi connectivity index (χ4v) is 7.95. The average Bonchev–Trinajstić information content (AvgIpc) is 3.77. The lowest BCUT2D eigenvalue weighted by Gasteiger charge is -2.30. The SMILES string of the molecule is CO[C@H]1CN([C@H]2C[C@@H](COC3CCC(C(=O)O)CC3)N(C(=O)Cc3cc(Cl)c(NC(=O)c4cn(C)c5ccccc45)cc3F)C2)C[C@H]1C. The number of fused-ring (bicyclic) bond motifs is 1. The number of rotatable bonds is 10. The van der Waals surface area contributed by atoms with Gasteiger partial charge in [0, 0.05) is 56.9 Å². The lowest BCUT2D eigenvalue weighted by molar-refractivity contribution is -0.144. The van der Waals surface area contributed by atoms with Crippen molar-refractivity contribution in [2.45, 2.75) is 69.7 Å². The monoisotopic (exact) mass is 682 g/mol. The molecular formula is C36H44ClFN4O6. The first-order valence-corrected chi connectivity index (χ1v) is 17.1. The van der Waals surface area contributed by atoms with E-state index in [0.717, 1.165) is 30.4 Å². The van der Waals surface area contributed by atoms with Gasteiger partial charge in [-0.15, -0.1) is 0 Å². The topological polar surface area (TPSA) is 113 Å². The zero-order chi connectivity index (χ0) is 34.1. The van der Waals surface area contributed by atoms with Crippen LogP contribution in [0.2, 0.25) is 5.02 Å². The summed E-state index contributed by atoms with van der Waals surface area (Å²) in [6.07, 6.45) is 4.85. The van der Waals surface area contributed by atoms with E-state index in [1.165, 1.54) is 12.1 Å². The normalized spacial score (nSPS) is 26.3. The van der Waals surface area contributed by atoms with Gasteiger partial charge in [0.2, 0.25) is 5.91 Å². The number of para-hydroxylation sites is 1. The highest BCUT2D eigenvalue weighted by molar-refractivity contribution is 6.34. The van der Waals surface area contributed by atoms with Crippen molar-refractivity contribution in [3.8, 4) is 0 Å². The average molecular weight is 683 g/mol. The first-order chi connectivity index (χ1) is 23.0. The van der Waals surface area contributed by atoms with Crippen molar-refractivity contribution in [3.63, 3.8) is 0 Å². The smallest absolute Gasteiger partial charge is 0.306 e. The molecule has 3 aliphatic rings. The van der Waals surface area contributed by atoms with Crippen LogP contribution in [0.4, 0.5) is 10.1 Å². The molecule has 4 atom stereocenters. The number of ether oxygens (including phenoxy) is 2. The number of methoxy groups -OCH3 is 1. The molecule has 1 aliphatic carbocycles. The van der Waals surface area contributed by atoms with Gasteiger partial charge in [0.1, 0.15) is 5.82 Å². The summed E-state index contributed by atoms with van der Waals surface area (Å²) in [5, 5.41) is 13.0. The van der Waals surface area contributed by atoms with Gasteiger partial charge in [-0.2, -0.15) is 0 Å². The third-order valence-corrected chi connectivity index (χ3v) is 10.8. The zero-order valence-corrected chi connectivity index (χ0v) is 28.4. The largest absolute Gasteiger partial charge is 0.481 e. The summed E-state index contributed by atoms with van der Waals surface area (Å²) < 4.78 is 29.4. The second-order valence-electron chi connectivity index (χ2n) is 13.7. The minimum atomic E-state index is -0.759. The number of nitrogens with one attached hydrogen (secondary N) is 1. The highest BCUT2D eigenvalue weighted by Crippen LogP contribution is 2.33. The molecular weight excluding hydrogens is 639 g/mol. The molecule has 0 unspecified atom stereocenters. The molecule has 3 heterocycles. The number of hydrogen-bond acceptors (Lipinski definition) is 6. The molecule has 0 bridgehead atoms. The van der Waals surface area contributed by atoms with Gasteiger partial charge in [0.15, 0.2) is 0 Å². The summed E-state index contributed by atoms with van der Waals surface area (Å²) >= 11 is 6.56. The molecule has 1 saturated carbocycles. The van der Waals surface area contributed by atoms with Gasteiger partial charge in [0.25, 0.3) is 5.91 Å². The van der Waals surface area contributed by atoms with Gasteiger partial charge >= 0.3 is 5.97 Å². The third kappa shape index (κ3) is 7.24. The number of amides is 2. The number of halogens is 2. The highest BCUT2D eigenvalue weighted by atomic mass is 35.5. The number of carboxylic acids is 1. The van der Waals surface area contributed by atoms with Crippen LogP contribution in [0.3, 0.4) is 0 Å². The summed E-state index contributed by atoms with van der Waals surface area (Å²) in [7, 11) is 3.58. The van der Waals surface area contributed by atoms with Crippen molar-refractivity contribution >= 4 is 46.0 Å². The lowest BCUT2D eigenvalue weighted by atomic mass is 9.87. The first kappa shape index (κ1) is 34.4. The maximum absolute atomic E-state index is 15.5. The number of aliphatic carboxylic acids is 1. The van der Waals surface area contributed by atoms with E-state index in [1.807, 2.05) is 40.8 Å².